The first-order valence-electron chi connectivity index (χ1n) is 5.25. The van der Waals surface area contributed by atoms with Gasteiger partial charge in [-0.3, -0.25) is 0 Å². The molecule has 0 amide bonds. The number of aryl methyl sites for hydroxylation is 1. The maximum absolute atomic E-state index is 6.15. The van der Waals surface area contributed by atoms with Crippen LogP contribution >= 0.6 is 11.6 Å². The molecule has 0 fully saturated rings. The lowest BCUT2D eigenvalue weighted by atomic mass is 10.1. The fourth-order valence-corrected chi connectivity index (χ4v) is 1.76. The molecule has 0 saturated heterocycles. The van der Waals surface area contributed by atoms with Gasteiger partial charge in [0.1, 0.15) is 0 Å². The van der Waals surface area contributed by atoms with Gasteiger partial charge in [-0.1, -0.05) is 13.8 Å². The van der Waals surface area contributed by atoms with Gasteiger partial charge < -0.3 is 5.32 Å². The second-order valence-corrected chi connectivity index (χ2v) is 4.75. The summed E-state index contributed by atoms with van der Waals surface area (Å²) < 4.78 is 0. The fourth-order valence-electron chi connectivity index (χ4n) is 1.33. The molecular weight excluding hydrogens is 210 g/mol. The molecule has 4 heteroatoms. The first-order chi connectivity index (χ1) is 7.08. The monoisotopic (exact) mass is 227 g/mol. The van der Waals surface area contributed by atoms with E-state index >= 15 is 0 Å². The van der Waals surface area contributed by atoms with Gasteiger partial charge in [-0.25, -0.2) is 9.97 Å². The molecule has 84 valence electrons. The quantitative estimate of drug-likeness (QED) is 0.787. The number of alkyl halides is 1. The molecule has 1 unspecified atom stereocenters. The number of aromatic nitrogens is 2. The van der Waals surface area contributed by atoms with Crippen molar-refractivity contribution in [3.8, 4) is 0 Å². The van der Waals surface area contributed by atoms with E-state index in [0.29, 0.717) is 18.4 Å². The molecule has 1 atom stereocenters. The van der Waals surface area contributed by atoms with Crippen molar-refractivity contribution in [2.75, 3.05) is 11.9 Å². The Morgan fingerprint density at radius 2 is 2.20 bits per heavy atom. The van der Waals surface area contributed by atoms with Crippen LogP contribution in [0.1, 0.15) is 26.0 Å². The molecule has 0 bridgehead atoms. The summed E-state index contributed by atoms with van der Waals surface area (Å²) in [5.74, 6) is 1.28. The number of nitrogens with one attached hydrogen (secondary N) is 1. The van der Waals surface area contributed by atoms with Crippen LogP contribution in [0.25, 0.3) is 0 Å². The van der Waals surface area contributed by atoms with Crippen molar-refractivity contribution in [1.82, 2.24) is 9.97 Å². The Labute approximate surface area is 96.3 Å². The van der Waals surface area contributed by atoms with Crippen LogP contribution in [0.2, 0.25) is 0 Å². The van der Waals surface area contributed by atoms with E-state index in [1.54, 1.807) is 6.20 Å². The Balaban J connectivity index is 2.36. The second kappa shape index (κ2) is 5.91. The smallest absolute Gasteiger partial charge is 0.222 e. The van der Waals surface area contributed by atoms with E-state index in [1.807, 2.05) is 13.0 Å². The molecule has 0 aliphatic heterocycles. The molecule has 1 aromatic rings. The minimum Gasteiger partial charge on any atom is -0.353 e. The van der Waals surface area contributed by atoms with Crippen molar-refractivity contribution in [3.63, 3.8) is 0 Å². The highest BCUT2D eigenvalue weighted by Crippen LogP contribution is 2.11. The topological polar surface area (TPSA) is 37.8 Å². The van der Waals surface area contributed by atoms with E-state index in [4.69, 9.17) is 11.6 Å². The highest BCUT2D eigenvalue weighted by Gasteiger charge is 2.07. The van der Waals surface area contributed by atoms with Gasteiger partial charge in [0.05, 0.1) is 5.38 Å². The van der Waals surface area contributed by atoms with E-state index in [9.17, 15) is 0 Å². The van der Waals surface area contributed by atoms with Crippen LogP contribution < -0.4 is 5.32 Å². The fraction of sp³-hybridized carbons (Fsp3) is 0.636. The largest absolute Gasteiger partial charge is 0.353 e. The van der Waals surface area contributed by atoms with Crippen LogP contribution in [-0.2, 0) is 0 Å². The lowest BCUT2D eigenvalue weighted by molar-refractivity contribution is 0.571. The van der Waals surface area contributed by atoms with E-state index in [-0.39, 0.29) is 5.38 Å². The average molecular weight is 228 g/mol. The summed E-state index contributed by atoms with van der Waals surface area (Å²) in [6, 6.07) is 1.87. The van der Waals surface area contributed by atoms with Crippen molar-refractivity contribution in [1.29, 1.82) is 0 Å². The lowest BCUT2D eigenvalue weighted by Gasteiger charge is -2.12. The zero-order valence-corrected chi connectivity index (χ0v) is 10.3. The van der Waals surface area contributed by atoms with E-state index in [0.717, 1.165) is 12.1 Å². The molecule has 0 aliphatic carbocycles. The molecule has 0 radical (unpaired) electrons. The maximum atomic E-state index is 6.15. The Hall–Kier alpha value is -0.830. The molecule has 1 rings (SSSR count). The second-order valence-electron chi connectivity index (χ2n) is 4.13. The van der Waals surface area contributed by atoms with Gasteiger partial charge in [-0.15, -0.1) is 11.6 Å². The van der Waals surface area contributed by atoms with Crippen LogP contribution in [-0.4, -0.2) is 21.9 Å². The van der Waals surface area contributed by atoms with Gasteiger partial charge in [-0.05, 0) is 25.3 Å². The van der Waals surface area contributed by atoms with Gasteiger partial charge >= 0.3 is 0 Å². The van der Waals surface area contributed by atoms with Crippen LogP contribution in [0.4, 0.5) is 5.95 Å². The third-order valence-corrected chi connectivity index (χ3v) is 2.34. The molecule has 0 aromatic carbocycles. The van der Waals surface area contributed by atoms with E-state index in [1.165, 1.54) is 0 Å². The maximum Gasteiger partial charge on any atom is 0.222 e. The van der Waals surface area contributed by atoms with Crippen molar-refractivity contribution >= 4 is 17.5 Å². The number of nitrogens with zero attached hydrogens (tertiary/aromatic N) is 2. The highest BCUT2D eigenvalue weighted by molar-refractivity contribution is 6.20. The summed E-state index contributed by atoms with van der Waals surface area (Å²) >= 11 is 6.15. The normalized spacial score (nSPS) is 12.9. The van der Waals surface area contributed by atoms with E-state index < -0.39 is 0 Å². The van der Waals surface area contributed by atoms with Gasteiger partial charge in [0.2, 0.25) is 5.95 Å². The molecule has 3 nitrogen and oxygen atoms in total. The van der Waals surface area contributed by atoms with E-state index in [2.05, 4.69) is 29.1 Å². The summed E-state index contributed by atoms with van der Waals surface area (Å²) in [4.78, 5) is 8.35. The Morgan fingerprint density at radius 3 is 2.80 bits per heavy atom. The molecule has 1 N–H and O–H groups in total. The van der Waals surface area contributed by atoms with Crippen molar-refractivity contribution < 1.29 is 0 Å². The summed E-state index contributed by atoms with van der Waals surface area (Å²) in [5, 5.41) is 3.27. The molecule has 0 spiro atoms. The third-order valence-electron chi connectivity index (χ3n) is 2.00. The Morgan fingerprint density at radius 1 is 1.47 bits per heavy atom. The number of anilines is 1. The predicted molar refractivity (Wildman–Crippen MR) is 64.4 cm³/mol. The molecule has 1 aromatic heterocycles. The van der Waals surface area contributed by atoms with Crippen molar-refractivity contribution in [3.05, 3.63) is 18.0 Å². The third kappa shape index (κ3) is 4.98. The van der Waals surface area contributed by atoms with Gasteiger partial charge in [0, 0.05) is 18.4 Å². The summed E-state index contributed by atoms with van der Waals surface area (Å²) in [6.07, 6.45) is 2.75. The zero-order valence-electron chi connectivity index (χ0n) is 9.50. The lowest BCUT2D eigenvalue weighted by Crippen LogP contribution is -2.17. The Kier molecular flexibility index (Phi) is 4.82. The van der Waals surface area contributed by atoms with Gasteiger partial charge in [0.25, 0.3) is 0 Å². The molecule has 0 saturated carbocycles. The molecule has 1 heterocycles. The van der Waals surface area contributed by atoms with Crippen molar-refractivity contribution in [2.24, 2.45) is 5.92 Å². The minimum absolute atomic E-state index is 0.133. The predicted octanol–water partition coefficient (Wildman–Crippen LogP) is 2.85. The van der Waals surface area contributed by atoms with Crippen LogP contribution in [0.15, 0.2) is 12.3 Å². The number of halogens is 1. The number of rotatable bonds is 5. The van der Waals surface area contributed by atoms with Crippen molar-refractivity contribution in [2.45, 2.75) is 32.6 Å². The summed E-state index contributed by atoms with van der Waals surface area (Å²) in [7, 11) is 0. The molecule has 15 heavy (non-hydrogen) atoms. The first kappa shape index (κ1) is 12.2. The minimum atomic E-state index is 0.133. The van der Waals surface area contributed by atoms with Crippen LogP contribution in [0.5, 0.6) is 0 Å². The SMILES string of the molecule is Cc1ccnc(NCC(Cl)CC(C)C)n1. The van der Waals surface area contributed by atoms with Crippen LogP contribution in [0, 0.1) is 12.8 Å². The van der Waals surface area contributed by atoms with Crippen LogP contribution in [0.3, 0.4) is 0 Å². The first-order valence-corrected chi connectivity index (χ1v) is 5.69. The standard InChI is InChI=1S/C11H18ClN3/c1-8(2)6-10(12)7-14-11-13-5-4-9(3)15-11/h4-5,8,10H,6-7H2,1-3H3,(H,13,14,15). The van der Waals surface area contributed by atoms with Gasteiger partial charge in [-0.2, -0.15) is 0 Å². The average Bonchev–Trinajstić information content (AvgIpc) is 2.14. The Bertz CT molecular complexity index is 302. The number of hydrogen-bond acceptors (Lipinski definition) is 3. The highest BCUT2D eigenvalue weighted by atomic mass is 35.5. The zero-order chi connectivity index (χ0) is 11.3. The molecular formula is C11H18ClN3. The summed E-state index contributed by atoms with van der Waals surface area (Å²) in [6.45, 7) is 6.99. The number of hydrogen-bond donors (Lipinski definition) is 1. The van der Waals surface area contributed by atoms with Gasteiger partial charge in [0.15, 0.2) is 0 Å². The summed E-state index contributed by atoms with van der Waals surface area (Å²) in [5.41, 5.74) is 0.961. The molecule has 0 aliphatic rings.